The fourth-order valence-electron chi connectivity index (χ4n) is 3.39. The number of ether oxygens (including phenoxy) is 1. The quantitative estimate of drug-likeness (QED) is 0.443. The van der Waals surface area contributed by atoms with E-state index < -0.39 is 0 Å². The summed E-state index contributed by atoms with van der Waals surface area (Å²) in [6, 6.07) is 4.17. The monoisotopic (exact) mass is 357 g/mol. The van der Waals surface area contributed by atoms with Gasteiger partial charge in [0, 0.05) is 17.8 Å². The molecule has 0 aromatic carbocycles. The molecular weight excluding hydrogens is 328 g/mol. The number of carbonyl (C=O) groups is 2. The first-order valence-corrected chi connectivity index (χ1v) is 9.31. The van der Waals surface area contributed by atoms with Crippen LogP contribution in [0.4, 0.5) is 0 Å². The normalized spacial score (nSPS) is 11.0. The minimum atomic E-state index is -0.389. The molecule has 2 aromatic rings. The number of carbonyl (C=O) groups excluding carboxylic acids is 2. The van der Waals surface area contributed by atoms with Crippen LogP contribution in [-0.2, 0) is 11.3 Å². The number of rotatable bonds is 8. The summed E-state index contributed by atoms with van der Waals surface area (Å²) in [6.07, 6.45) is 6.11. The van der Waals surface area contributed by atoms with Gasteiger partial charge in [0.2, 0.25) is 12.3 Å². The summed E-state index contributed by atoms with van der Waals surface area (Å²) in [7, 11) is 0. The zero-order valence-corrected chi connectivity index (χ0v) is 16.4. The third kappa shape index (κ3) is 4.21. The fraction of sp³-hybridized carbons (Fsp3) is 0.476. The highest BCUT2D eigenvalue weighted by Gasteiger charge is 2.24. The van der Waals surface area contributed by atoms with E-state index in [1.165, 1.54) is 5.56 Å². The van der Waals surface area contributed by atoms with Crippen LogP contribution >= 0.6 is 0 Å². The number of esters is 1. The van der Waals surface area contributed by atoms with Crippen molar-refractivity contribution in [2.24, 2.45) is 0 Å². The molecule has 0 radical (unpaired) electrons. The van der Waals surface area contributed by atoms with Gasteiger partial charge in [-0.05, 0) is 50.7 Å². The molecule has 26 heavy (non-hydrogen) atoms. The maximum absolute atomic E-state index is 12.7. The van der Waals surface area contributed by atoms with Crippen LogP contribution in [0.15, 0.2) is 24.5 Å². The van der Waals surface area contributed by atoms with Gasteiger partial charge in [-0.1, -0.05) is 13.8 Å². The Labute approximate surface area is 155 Å². The summed E-state index contributed by atoms with van der Waals surface area (Å²) in [5.74, 6) is 0.113. The summed E-state index contributed by atoms with van der Waals surface area (Å²) in [5.41, 5.74) is 3.56. The van der Waals surface area contributed by atoms with E-state index in [9.17, 15) is 9.59 Å². The number of hydrogen-bond acceptors (Lipinski definition) is 3. The Morgan fingerprint density at radius 1 is 1.12 bits per heavy atom. The highest BCUT2D eigenvalue weighted by atomic mass is 16.5. The Balaban J connectivity index is 2.18. The van der Waals surface area contributed by atoms with E-state index in [4.69, 9.17) is 4.74 Å². The minimum absolute atomic E-state index is 0.0542. The van der Waals surface area contributed by atoms with Crippen LogP contribution in [0.2, 0.25) is 0 Å². The van der Waals surface area contributed by atoms with Crippen molar-refractivity contribution in [2.75, 3.05) is 6.61 Å². The van der Waals surface area contributed by atoms with Crippen molar-refractivity contribution in [1.82, 2.24) is 4.98 Å². The summed E-state index contributed by atoms with van der Waals surface area (Å²) in [4.78, 5) is 27.8. The van der Waals surface area contributed by atoms with Crippen LogP contribution in [0.3, 0.4) is 0 Å². The molecule has 0 atom stereocenters. The molecule has 2 heterocycles. The van der Waals surface area contributed by atoms with Crippen LogP contribution in [0.5, 0.6) is 0 Å². The zero-order valence-electron chi connectivity index (χ0n) is 16.4. The second kappa shape index (κ2) is 8.79. The summed E-state index contributed by atoms with van der Waals surface area (Å²) in [6.45, 7) is 10.3. The van der Waals surface area contributed by atoms with Crippen LogP contribution in [0, 0.1) is 13.8 Å². The molecule has 2 aromatic heterocycles. The lowest BCUT2D eigenvalue weighted by atomic mass is 9.95. The summed E-state index contributed by atoms with van der Waals surface area (Å²) < 4.78 is 6.95. The van der Waals surface area contributed by atoms with E-state index in [2.05, 4.69) is 31.0 Å². The maximum Gasteiger partial charge on any atom is 0.340 e. The molecule has 0 spiro atoms. The van der Waals surface area contributed by atoms with Gasteiger partial charge in [-0.3, -0.25) is 4.79 Å². The average Bonchev–Trinajstić information content (AvgIpc) is 2.92. The van der Waals surface area contributed by atoms with Crippen LogP contribution in [0.1, 0.15) is 77.2 Å². The van der Waals surface area contributed by atoms with Crippen LogP contribution < -0.4 is 4.57 Å². The molecule has 0 unspecified atom stereocenters. The van der Waals surface area contributed by atoms with E-state index in [-0.39, 0.29) is 18.3 Å². The second-order valence-corrected chi connectivity index (χ2v) is 6.59. The minimum Gasteiger partial charge on any atom is -0.462 e. The molecule has 0 aliphatic carbocycles. The largest absolute Gasteiger partial charge is 0.462 e. The lowest BCUT2D eigenvalue weighted by Gasteiger charge is -2.11. The molecule has 5 nitrogen and oxygen atoms in total. The number of pyridine rings is 1. The molecule has 0 aliphatic rings. The highest BCUT2D eigenvalue weighted by Crippen LogP contribution is 2.22. The summed E-state index contributed by atoms with van der Waals surface area (Å²) in [5, 5.41) is 0. The SMILES string of the molecule is CCOC(=O)c1c(C)[nH]c(C(=O)C[n+]2ccc(C(CC)CC)cc2)c1C. The molecular formula is C21H29N2O3+. The fourth-order valence-corrected chi connectivity index (χ4v) is 3.39. The van der Waals surface area contributed by atoms with E-state index in [0.717, 1.165) is 12.8 Å². The number of aryl methyl sites for hydroxylation is 1. The number of nitrogens with one attached hydrogen (secondary N) is 1. The van der Waals surface area contributed by atoms with Gasteiger partial charge >= 0.3 is 5.97 Å². The van der Waals surface area contributed by atoms with Crippen molar-refractivity contribution in [3.63, 3.8) is 0 Å². The van der Waals surface area contributed by atoms with Crippen molar-refractivity contribution in [3.8, 4) is 0 Å². The van der Waals surface area contributed by atoms with Gasteiger partial charge in [0.25, 0.3) is 0 Å². The molecule has 2 rings (SSSR count). The first-order valence-electron chi connectivity index (χ1n) is 9.31. The molecule has 0 bridgehead atoms. The number of hydrogen-bond donors (Lipinski definition) is 1. The Hall–Kier alpha value is -2.43. The predicted molar refractivity (Wildman–Crippen MR) is 101 cm³/mol. The average molecular weight is 357 g/mol. The smallest absolute Gasteiger partial charge is 0.340 e. The molecule has 0 fully saturated rings. The van der Waals surface area contributed by atoms with Crippen molar-refractivity contribution in [3.05, 3.63) is 52.6 Å². The van der Waals surface area contributed by atoms with Gasteiger partial charge < -0.3 is 9.72 Å². The van der Waals surface area contributed by atoms with Crippen molar-refractivity contribution < 1.29 is 18.9 Å². The van der Waals surface area contributed by atoms with E-state index in [0.29, 0.717) is 35.0 Å². The number of ketones is 1. The van der Waals surface area contributed by atoms with Crippen molar-refractivity contribution in [1.29, 1.82) is 0 Å². The standard InChI is InChI=1S/C21H28N2O3/c1-6-16(7-2)17-9-11-23(12-10-17)13-18(24)20-14(4)19(15(5)22-20)21(25)26-8-3/h9-12,16H,6-8,13H2,1-5H3/p+1. The van der Waals surface area contributed by atoms with Crippen molar-refractivity contribution in [2.45, 2.75) is 59.9 Å². The Morgan fingerprint density at radius 2 is 1.73 bits per heavy atom. The van der Waals surface area contributed by atoms with Gasteiger partial charge in [0.05, 0.1) is 17.9 Å². The second-order valence-electron chi connectivity index (χ2n) is 6.59. The molecule has 5 heteroatoms. The molecule has 0 aliphatic heterocycles. The lowest BCUT2D eigenvalue weighted by Crippen LogP contribution is -2.37. The van der Waals surface area contributed by atoms with E-state index in [1.54, 1.807) is 20.8 Å². The van der Waals surface area contributed by atoms with E-state index >= 15 is 0 Å². The van der Waals surface area contributed by atoms with Crippen LogP contribution in [-0.4, -0.2) is 23.3 Å². The van der Waals surface area contributed by atoms with Gasteiger partial charge in [-0.2, -0.15) is 4.57 Å². The van der Waals surface area contributed by atoms with E-state index in [1.807, 2.05) is 17.0 Å². The number of aromatic nitrogens is 2. The Bertz CT molecular complexity index is 771. The van der Waals surface area contributed by atoms with Crippen molar-refractivity contribution >= 4 is 11.8 Å². The first kappa shape index (κ1) is 19.9. The van der Waals surface area contributed by atoms with Crippen LogP contribution in [0.25, 0.3) is 0 Å². The number of Topliss-reactive ketones (excluding diaryl/α,β-unsaturated/α-hetero) is 1. The predicted octanol–water partition coefficient (Wildman–Crippen LogP) is 3.88. The number of aromatic amines is 1. The molecule has 0 saturated heterocycles. The maximum atomic E-state index is 12.7. The lowest BCUT2D eigenvalue weighted by molar-refractivity contribution is -0.683. The molecule has 0 amide bonds. The van der Waals surface area contributed by atoms with Gasteiger partial charge in [0.15, 0.2) is 12.4 Å². The number of H-pyrrole nitrogens is 1. The Morgan fingerprint density at radius 3 is 2.27 bits per heavy atom. The molecule has 140 valence electrons. The van der Waals surface area contributed by atoms with Gasteiger partial charge in [-0.15, -0.1) is 0 Å². The third-order valence-corrected chi connectivity index (χ3v) is 4.90. The highest BCUT2D eigenvalue weighted by molar-refractivity contribution is 6.00. The zero-order chi connectivity index (χ0) is 19.3. The Kier molecular flexibility index (Phi) is 6.72. The first-order chi connectivity index (χ1) is 12.4. The topological polar surface area (TPSA) is 63.0 Å². The molecule has 0 saturated carbocycles. The van der Waals surface area contributed by atoms with Gasteiger partial charge in [0.1, 0.15) is 0 Å². The molecule has 1 N–H and O–H groups in total. The van der Waals surface area contributed by atoms with Gasteiger partial charge in [-0.25, -0.2) is 4.79 Å². The third-order valence-electron chi connectivity index (χ3n) is 4.90. The summed E-state index contributed by atoms with van der Waals surface area (Å²) >= 11 is 0. The number of nitrogens with zero attached hydrogens (tertiary/aromatic N) is 1.